The lowest BCUT2D eigenvalue weighted by Crippen LogP contribution is -1.94. The van der Waals surface area contributed by atoms with Crippen LogP contribution in [0.15, 0.2) is 59.8 Å². The van der Waals surface area contributed by atoms with Gasteiger partial charge < -0.3 is 9.84 Å². The molecule has 3 aromatic rings. The summed E-state index contributed by atoms with van der Waals surface area (Å²) in [6.07, 6.45) is 6.18. The number of fused-ring (bicyclic) bond motifs is 1. The molecule has 0 aliphatic carbocycles. The maximum Gasteiger partial charge on any atom is 0.303 e. The van der Waals surface area contributed by atoms with Crippen LogP contribution in [0.2, 0.25) is 0 Å². The number of hydrogen-bond donors (Lipinski definition) is 1. The number of nitriles is 1. The monoisotopic (exact) mass is 392 g/mol. The van der Waals surface area contributed by atoms with Crippen molar-refractivity contribution in [3.8, 4) is 17.6 Å². The zero-order valence-corrected chi connectivity index (χ0v) is 16.1. The first kappa shape index (κ1) is 19.7. The Bertz CT molecular complexity index is 1010. The Morgan fingerprint density at radius 3 is 2.68 bits per heavy atom. The minimum Gasteiger partial charge on any atom is -0.481 e. The van der Waals surface area contributed by atoms with Crippen LogP contribution in [0, 0.1) is 11.3 Å². The van der Waals surface area contributed by atoms with Crippen LogP contribution in [-0.4, -0.2) is 21.8 Å². The van der Waals surface area contributed by atoms with Crippen molar-refractivity contribution < 1.29 is 14.6 Å². The molecule has 3 rings (SSSR count). The normalized spacial score (nSPS) is 10.5. The van der Waals surface area contributed by atoms with Crippen molar-refractivity contribution in [2.75, 3.05) is 5.75 Å². The van der Waals surface area contributed by atoms with Crippen LogP contribution in [-0.2, 0) is 4.79 Å². The number of pyridine rings is 1. The van der Waals surface area contributed by atoms with Gasteiger partial charge in [0.1, 0.15) is 5.75 Å². The molecule has 2 aromatic carbocycles. The van der Waals surface area contributed by atoms with E-state index in [4.69, 9.17) is 9.84 Å². The second kappa shape index (κ2) is 9.77. The average Bonchev–Trinajstić information content (AvgIpc) is 2.71. The number of rotatable bonds is 9. The predicted molar refractivity (Wildman–Crippen MR) is 110 cm³/mol. The van der Waals surface area contributed by atoms with Gasteiger partial charge in [0.15, 0.2) is 5.75 Å². The topological polar surface area (TPSA) is 83.2 Å². The number of ether oxygens (including phenoxy) is 1. The molecule has 0 saturated heterocycles. The molecule has 0 fully saturated rings. The zero-order chi connectivity index (χ0) is 19.8. The van der Waals surface area contributed by atoms with Crippen LogP contribution in [0.3, 0.4) is 0 Å². The minimum atomic E-state index is -0.743. The molecule has 0 spiro atoms. The van der Waals surface area contributed by atoms with Crippen LogP contribution in [0.25, 0.3) is 10.8 Å². The summed E-state index contributed by atoms with van der Waals surface area (Å²) in [5.41, 5.74) is 0.616. The fourth-order valence-electron chi connectivity index (χ4n) is 2.88. The van der Waals surface area contributed by atoms with Crippen LogP contribution in [0.4, 0.5) is 0 Å². The number of carbonyl (C=O) groups is 1. The first-order valence-electron chi connectivity index (χ1n) is 9.07. The van der Waals surface area contributed by atoms with Gasteiger partial charge in [-0.1, -0.05) is 30.7 Å². The summed E-state index contributed by atoms with van der Waals surface area (Å²) in [7, 11) is 0. The molecule has 5 nitrogen and oxygen atoms in total. The third kappa shape index (κ3) is 5.02. The fourth-order valence-corrected chi connectivity index (χ4v) is 3.84. The largest absolute Gasteiger partial charge is 0.481 e. The van der Waals surface area contributed by atoms with E-state index in [0.717, 1.165) is 34.3 Å². The van der Waals surface area contributed by atoms with Gasteiger partial charge in [0, 0.05) is 23.4 Å². The van der Waals surface area contributed by atoms with Gasteiger partial charge in [-0.3, -0.25) is 9.78 Å². The second-order valence-corrected chi connectivity index (χ2v) is 7.38. The average molecular weight is 392 g/mol. The van der Waals surface area contributed by atoms with E-state index in [1.165, 1.54) is 0 Å². The van der Waals surface area contributed by atoms with Crippen molar-refractivity contribution >= 4 is 28.5 Å². The molecule has 0 aliphatic rings. The summed E-state index contributed by atoms with van der Waals surface area (Å²) in [6, 6.07) is 15.4. The van der Waals surface area contributed by atoms with Gasteiger partial charge in [-0.25, -0.2) is 0 Å². The summed E-state index contributed by atoms with van der Waals surface area (Å²) < 4.78 is 6.16. The Hall–Kier alpha value is -3.04. The third-order valence-electron chi connectivity index (χ3n) is 4.26. The highest BCUT2D eigenvalue weighted by molar-refractivity contribution is 7.99. The van der Waals surface area contributed by atoms with E-state index in [9.17, 15) is 10.1 Å². The lowest BCUT2D eigenvalue weighted by atomic mass is 10.0. The molecule has 0 unspecified atom stereocenters. The van der Waals surface area contributed by atoms with Crippen molar-refractivity contribution in [3.05, 3.63) is 60.4 Å². The van der Waals surface area contributed by atoms with E-state index in [-0.39, 0.29) is 6.42 Å². The molecule has 28 heavy (non-hydrogen) atoms. The lowest BCUT2D eigenvalue weighted by Gasteiger charge is -2.13. The maximum atomic E-state index is 10.6. The minimum absolute atomic E-state index is 0.222. The van der Waals surface area contributed by atoms with Crippen molar-refractivity contribution in [2.45, 2.75) is 30.6 Å². The SMILES string of the molecule is N#Cc1ccc(Oc2cnccc2SCCCCCC(=O)O)c2ccccc12. The summed E-state index contributed by atoms with van der Waals surface area (Å²) >= 11 is 1.67. The smallest absolute Gasteiger partial charge is 0.303 e. The Morgan fingerprint density at radius 1 is 1.07 bits per heavy atom. The van der Waals surface area contributed by atoms with E-state index in [1.54, 1.807) is 30.2 Å². The number of carboxylic acid groups (broad SMARTS) is 1. The van der Waals surface area contributed by atoms with Crippen molar-refractivity contribution in [3.63, 3.8) is 0 Å². The Morgan fingerprint density at radius 2 is 1.89 bits per heavy atom. The highest BCUT2D eigenvalue weighted by atomic mass is 32.2. The Kier molecular flexibility index (Phi) is 6.88. The quantitative estimate of drug-likeness (QED) is 0.375. The molecule has 6 heteroatoms. The van der Waals surface area contributed by atoms with Crippen molar-refractivity contribution in [1.82, 2.24) is 4.98 Å². The second-order valence-electron chi connectivity index (χ2n) is 6.25. The summed E-state index contributed by atoms with van der Waals surface area (Å²) in [5.74, 6) is 1.50. The van der Waals surface area contributed by atoms with Gasteiger partial charge in [0.05, 0.1) is 22.7 Å². The standard InChI is InChI=1S/C22H20N2O3S/c23-14-16-9-10-19(18-7-4-3-6-17(16)18)27-20-15-24-12-11-21(20)28-13-5-1-2-8-22(25)26/h3-4,6-7,9-12,15H,1-2,5,8,13H2,(H,25,26). The highest BCUT2D eigenvalue weighted by Crippen LogP contribution is 2.36. The molecule has 1 heterocycles. The van der Waals surface area contributed by atoms with Crippen LogP contribution in [0.1, 0.15) is 31.2 Å². The van der Waals surface area contributed by atoms with Crippen molar-refractivity contribution in [2.24, 2.45) is 0 Å². The van der Waals surface area contributed by atoms with Gasteiger partial charge in [0.25, 0.3) is 0 Å². The van der Waals surface area contributed by atoms with Gasteiger partial charge in [-0.05, 0) is 36.8 Å². The van der Waals surface area contributed by atoms with E-state index in [1.807, 2.05) is 36.4 Å². The Labute approximate surface area is 168 Å². The molecule has 1 aromatic heterocycles. The summed E-state index contributed by atoms with van der Waals surface area (Å²) in [5, 5.41) is 19.7. The van der Waals surface area contributed by atoms with Crippen molar-refractivity contribution in [1.29, 1.82) is 5.26 Å². The predicted octanol–water partition coefficient (Wildman–Crippen LogP) is 5.64. The molecule has 0 bridgehead atoms. The van der Waals surface area contributed by atoms with Crippen LogP contribution < -0.4 is 4.74 Å². The molecule has 0 atom stereocenters. The van der Waals surface area contributed by atoms with Crippen LogP contribution >= 0.6 is 11.8 Å². The van der Waals surface area contributed by atoms with E-state index in [2.05, 4.69) is 11.1 Å². The number of aliphatic carboxylic acids is 1. The lowest BCUT2D eigenvalue weighted by molar-refractivity contribution is -0.137. The van der Waals surface area contributed by atoms with Crippen LogP contribution in [0.5, 0.6) is 11.5 Å². The number of carboxylic acids is 1. The van der Waals surface area contributed by atoms with Gasteiger partial charge >= 0.3 is 5.97 Å². The number of nitrogens with zero attached hydrogens (tertiary/aromatic N) is 2. The first-order valence-corrected chi connectivity index (χ1v) is 10.1. The molecule has 0 amide bonds. The number of hydrogen-bond acceptors (Lipinski definition) is 5. The van der Waals surface area contributed by atoms with Gasteiger partial charge in [-0.15, -0.1) is 11.8 Å². The van der Waals surface area contributed by atoms with E-state index < -0.39 is 5.97 Å². The number of unbranched alkanes of at least 4 members (excludes halogenated alkanes) is 2. The zero-order valence-electron chi connectivity index (χ0n) is 15.3. The molecule has 0 radical (unpaired) electrons. The maximum absolute atomic E-state index is 10.6. The summed E-state index contributed by atoms with van der Waals surface area (Å²) in [6.45, 7) is 0. The Balaban J connectivity index is 1.71. The summed E-state index contributed by atoms with van der Waals surface area (Å²) in [4.78, 5) is 15.7. The molecule has 0 saturated carbocycles. The van der Waals surface area contributed by atoms with Gasteiger partial charge in [0.2, 0.25) is 0 Å². The van der Waals surface area contributed by atoms with Gasteiger partial charge in [-0.2, -0.15) is 5.26 Å². The first-order chi connectivity index (χ1) is 13.7. The molecular formula is C22H20N2O3S. The number of benzene rings is 2. The third-order valence-corrected chi connectivity index (χ3v) is 5.40. The fraction of sp³-hybridized carbons (Fsp3) is 0.227. The number of thioether (sulfide) groups is 1. The molecule has 1 N–H and O–H groups in total. The van der Waals surface area contributed by atoms with E-state index >= 15 is 0 Å². The molecule has 142 valence electrons. The molecular weight excluding hydrogens is 372 g/mol. The number of aromatic nitrogens is 1. The molecule has 0 aliphatic heterocycles. The highest BCUT2D eigenvalue weighted by Gasteiger charge is 2.10. The van der Waals surface area contributed by atoms with E-state index in [0.29, 0.717) is 23.5 Å².